The van der Waals surface area contributed by atoms with Crippen LogP contribution in [0.3, 0.4) is 0 Å². The summed E-state index contributed by atoms with van der Waals surface area (Å²) in [5, 5.41) is 4.13. The maximum absolute atomic E-state index is 7.25. The van der Waals surface area contributed by atoms with E-state index in [4.69, 9.17) is 21.3 Å². The third-order valence-electron chi connectivity index (χ3n) is 9.11. The van der Waals surface area contributed by atoms with Gasteiger partial charge in [0.25, 0.3) is 0 Å². The Morgan fingerprint density at radius 1 is 0.692 bits per heavy atom. The minimum atomic E-state index is 0.547. The highest BCUT2D eigenvalue weighted by Gasteiger charge is 2.20. The van der Waals surface area contributed by atoms with Crippen LogP contribution in [0.1, 0.15) is 16.7 Å². The van der Waals surface area contributed by atoms with E-state index in [1.165, 1.54) is 16.7 Å². The van der Waals surface area contributed by atoms with E-state index in [1.807, 2.05) is 66.7 Å². The molecule has 0 aliphatic heterocycles. The van der Waals surface area contributed by atoms with Gasteiger partial charge in [0.15, 0.2) is 0 Å². The Morgan fingerprint density at radius 3 is 2.15 bits per heavy atom. The minimum absolute atomic E-state index is 0.547. The molecule has 8 rings (SSSR count). The van der Waals surface area contributed by atoms with E-state index in [-0.39, 0.29) is 0 Å². The third-order valence-corrected chi connectivity index (χ3v) is 9.50. The zero-order valence-electron chi connectivity index (χ0n) is 28.9. The molecule has 0 atom stereocenters. The van der Waals surface area contributed by atoms with Gasteiger partial charge in [0.1, 0.15) is 11.6 Å². The summed E-state index contributed by atoms with van der Waals surface area (Å²) in [6.07, 6.45) is 1.71. The molecule has 0 radical (unpaired) electrons. The first-order valence-electron chi connectivity index (χ1n) is 17.2. The highest BCUT2D eigenvalue weighted by atomic mass is 35.5. The molecular formula is C45H36ClN5O. The average molecular weight is 698 g/mol. The molecule has 2 heterocycles. The lowest BCUT2D eigenvalue weighted by Crippen LogP contribution is -2.17. The zero-order chi connectivity index (χ0) is 35.4. The van der Waals surface area contributed by atoms with Crippen molar-refractivity contribution in [1.82, 2.24) is 14.5 Å². The topological polar surface area (TPSA) is 55.2 Å². The predicted molar refractivity (Wildman–Crippen MR) is 214 cm³/mol. The van der Waals surface area contributed by atoms with Crippen LogP contribution in [0.15, 0.2) is 164 Å². The van der Waals surface area contributed by atoms with Crippen LogP contribution in [0.2, 0.25) is 5.02 Å². The summed E-state index contributed by atoms with van der Waals surface area (Å²) in [4.78, 5) is 11.6. The largest absolute Gasteiger partial charge is 0.439 e. The van der Waals surface area contributed by atoms with E-state index in [0.717, 1.165) is 50.9 Å². The van der Waals surface area contributed by atoms with E-state index < -0.39 is 0 Å². The summed E-state index contributed by atoms with van der Waals surface area (Å²) in [6, 6.07) is 53.2. The van der Waals surface area contributed by atoms with Crippen molar-refractivity contribution in [2.75, 3.05) is 10.2 Å². The molecule has 0 amide bonds. The monoisotopic (exact) mass is 697 g/mol. The molecular weight excluding hydrogens is 662 g/mol. The third kappa shape index (κ3) is 6.72. The molecule has 1 N–H and O–H groups in total. The van der Waals surface area contributed by atoms with Gasteiger partial charge in [-0.3, -0.25) is 4.57 Å². The van der Waals surface area contributed by atoms with Crippen LogP contribution in [-0.4, -0.2) is 14.5 Å². The van der Waals surface area contributed by atoms with E-state index in [1.54, 1.807) is 6.20 Å². The van der Waals surface area contributed by atoms with E-state index >= 15 is 0 Å². The number of nitrogens with zero attached hydrogens (tertiary/aromatic N) is 4. The molecule has 2 aromatic heterocycles. The van der Waals surface area contributed by atoms with Gasteiger partial charge in [0.05, 0.1) is 33.1 Å². The van der Waals surface area contributed by atoms with Crippen LogP contribution in [0.5, 0.6) is 11.6 Å². The van der Waals surface area contributed by atoms with Crippen LogP contribution in [0.4, 0.5) is 22.7 Å². The fourth-order valence-corrected chi connectivity index (χ4v) is 6.87. The van der Waals surface area contributed by atoms with Crippen molar-refractivity contribution >= 4 is 45.4 Å². The second kappa shape index (κ2) is 14.5. The molecule has 7 heteroatoms. The Labute approximate surface area is 308 Å². The van der Waals surface area contributed by atoms with Crippen molar-refractivity contribution in [2.45, 2.75) is 20.4 Å². The lowest BCUT2D eigenvalue weighted by atomic mass is 10.1. The van der Waals surface area contributed by atoms with Crippen molar-refractivity contribution in [2.24, 2.45) is 0 Å². The number of ether oxygens (including phenoxy) is 1. The molecule has 0 aliphatic carbocycles. The molecule has 0 fully saturated rings. The number of rotatable bonds is 10. The molecule has 6 aromatic carbocycles. The lowest BCUT2D eigenvalue weighted by Gasteiger charge is -2.27. The Balaban J connectivity index is 1.14. The number of nitrogens with one attached hydrogen (secondary N) is 1. The quantitative estimate of drug-likeness (QED) is 0.154. The molecule has 6 nitrogen and oxygen atoms in total. The molecule has 0 bridgehead atoms. The van der Waals surface area contributed by atoms with E-state index in [9.17, 15) is 0 Å². The number of imidazole rings is 1. The summed E-state index contributed by atoms with van der Waals surface area (Å²) >= 11 is 7.25. The van der Waals surface area contributed by atoms with Crippen molar-refractivity contribution < 1.29 is 4.74 Å². The number of anilines is 4. The number of aryl methyl sites for hydroxylation is 2. The predicted octanol–water partition coefficient (Wildman–Crippen LogP) is 12.2. The molecule has 0 spiro atoms. The summed E-state index contributed by atoms with van der Waals surface area (Å²) in [5.74, 6) is 2.15. The van der Waals surface area contributed by atoms with Gasteiger partial charge in [-0.15, -0.1) is 0 Å². The Bertz CT molecular complexity index is 2440. The van der Waals surface area contributed by atoms with Crippen LogP contribution >= 0.6 is 11.6 Å². The average Bonchev–Trinajstić information content (AvgIpc) is 3.56. The van der Waals surface area contributed by atoms with E-state index in [2.05, 4.69) is 125 Å². The second-order valence-corrected chi connectivity index (χ2v) is 13.1. The number of pyridine rings is 1. The Hall–Kier alpha value is -6.37. The zero-order valence-corrected chi connectivity index (χ0v) is 29.6. The maximum Gasteiger partial charge on any atom is 0.219 e. The molecule has 0 aliphatic rings. The molecule has 0 saturated carbocycles. The SMILES string of the molecule is Cc1cccc(C)c1-n1c(-c2ccc(N(Cc3ccccc3)c3cccc(Nc4ccc(Oc5ccccn5)cc4)c3Cl)cc2)nc2ccccc21. The number of fused-ring (bicyclic) bond motifs is 1. The number of aromatic nitrogens is 3. The summed E-state index contributed by atoms with van der Waals surface area (Å²) in [7, 11) is 0. The minimum Gasteiger partial charge on any atom is -0.439 e. The van der Waals surface area contributed by atoms with Crippen LogP contribution < -0.4 is 15.0 Å². The fourth-order valence-electron chi connectivity index (χ4n) is 6.59. The Morgan fingerprint density at radius 2 is 1.40 bits per heavy atom. The lowest BCUT2D eigenvalue weighted by molar-refractivity contribution is 0.463. The standard InChI is InChI=1S/C45H36ClN5O/c1-31-12-10-13-32(2)44(31)51-40-18-7-6-16-38(40)49-45(51)34-21-25-36(26-22-34)50(30-33-14-4-3-5-15-33)41-19-11-17-39(43(41)46)48-35-23-27-37(28-24-35)52-42-20-8-9-29-47-42/h3-29,48H,30H2,1-2H3. The molecule has 0 saturated heterocycles. The van der Waals surface area contributed by atoms with Crippen molar-refractivity contribution in [1.29, 1.82) is 0 Å². The number of para-hydroxylation sites is 3. The van der Waals surface area contributed by atoms with E-state index in [0.29, 0.717) is 23.2 Å². The summed E-state index contributed by atoms with van der Waals surface area (Å²) < 4.78 is 8.17. The first-order valence-corrected chi connectivity index (χ1v) is 17.6. The molecule has 254 valence electrons. The van der Waals surface area contributed by atoms with Gasteiger partial charge < -0.3 is 15.0 Å². The van der Waals surface area contributed by atoms with Gasteiger partial charge in [-0.25, -0.2) is 9.97 Å². The van der Waals surface area contributed by atoms with Gasteiger partial charge in [0, 0.05) is 35.7 Å². The first-order chi connectivity index (χ1) is 25.5. The number of hydrogen-bond donors (Lipinski definition) is 1. The Kier molecular flexibility index (Phi) is 9.13. The summed E-state index contributed by atoms with van der Waals surface area (Å²) in [5.41, 5.74) is 11.4. The van der Waals surface area contributed by atoms with Crippen molar-refractivity contribution in [3.8, 4) is 28.7 Å². The van der Waals surface area contributed by atoms with Crippen LogP contribution in [0.25, 0.3) is 28.1 Å². The van der Waals surface area contributed by atoms with Crippen molar-refractivity contribution in [3.63, 3.8) is 0 Å². The summed E-state index contributed by atoms with van der Waals surface area (Å²) in [6.45, 7) is 4.94. The second-order valence-electron chi connectivity index (χ2n) is 12.7. The van der Waals surface area contributed by atoms with Gasteiger partial charge in [-0.1, -0.05) is 84.4 Å². The van der Waals surface area contributed by atoms with Crippen LogP contribution in [-0.2, 0) is 6.54 Å². The van der Waals surface area contributed by atoms with Crippen LogP contribution in [0, 0.1) is 13.8 Å². The molecule has 52 heavy (non-hydrogen) atoms. The fraction of sp³-hybridized carbons (Fsp3) is 0.0667. The normalized spacial score (nSPS) is 11.1. The number of benzene rings is 6. The smallest absolute Gasteiger partial charge is 0.219 e. The van der Waals surface area contributed by atoms with Gasteiger partial charge >= 0.3 is 0 Å². The van der Waals surface area contributed by atoms with Crippen molar-refractivity contribution in [3.05, 3.63) is 186 Å². The highest BCUT2D eigenvalue weighted by Crippen LogP contribution is 2.40. The number of hydrogen-bond acceptors (Lipinski definition) is 5. The number of halogens is 1. The first kappa shape index (κ1) is 32.8. The highest BCUT2D eigenvalue weighted by molar-refractivity contribution is 6.36. The van der Waals surface area contributed by atoms with Gasteiger partial charge in [0.2, 0.25) is 5.88 Å². The molecule has 8 aromatic rings. The van der Waals surface area contributed by atoms with Gasteiger partial charge in [-0.05, 0) is 109 Å². The van der Waals surface area contributed by atoms with Gasteiger partial charge in [-0.2, -0.15) is 0 Å². The maximum atomic E-state index is 7.25. The molecule has 0 unspecified atom stereocenters.